The van der Waals surface area contributed by atoms with Crippen LogP contribution in [0.1, 0.15) is 40.5 Å². The number of carbonyl (C=O) groups is 1. The number of benzene rings is 1. The maximum Gasteiger partial charge on any atom is 0.244 e. The molecule has 146 valence electrons. The van der Waals surface area contributed by atoms with Crippen LogP contribution in [0.4, 0.5) is 0 Å². The summed E-state index contributed by atoms with van der Waals surface area (Å²) in [6.07, 6.45) is 1.01. The molecule has 5 nitrogen and oxygen atoms in total. The number of sulfonamides is 1. The highest BCUT2D eigenvalue weighted by Crippen LogP contribution is 2.31. The molecule has 0 aromatic heterocycles. The average molecular weight is 421 g/mol. The number of halogens is 2. The fourth-order valence-corrected chi connectivity index (χ4v) is 5.68. The van der Waals surface area contributed by atoms with Gasteiger partial charge >= 0.3 is 0 Å². The molecule has 1 fully saturated rings. The van der Waals surface area contributed by atoms with Crippen LogP contribution in [0.25, 0.3) is 0 Å². The maximum absolute atomic E-state index is 12.9. The van der Waals surface area contributed by atoms with Crippen LogP contribution in [0.5, 0.6) is 0 Å². The standard InChI is InChI=1S/C18H26Cl2N2O3S/c1-12(2)22(13(3)4)18(23)14-7-9-21(10-8-14)26(24,25)17-11-15(19)5-6-16(17)20/h5-6,11-14H,7-10H2,1-4H3. The highest BCUT2D eigenvalue weighted by molar-refractivity contribution is 7.89. The van der Waals surface area contributed by atoms with E-state index in [1.807, 2.05) is 32.6 Å². The quantitative estimate of drug-likeness (QED) is 0.721. The van der Waals surface area contributed by atoms with Crippen molar-refractivity contribution >= 4 is 39.1 Å². The summed E-state index contributed by atoms with van der Waals surface area (Å²) in [7, 11) is -3.73. The molecule has 1 heterocycles. The van der Waals surface area contributed by atoms with E-state index in [0.717, 1.165) is 0 Å². The summed E-state index contributed by atoms with van der Waals surface area (Å²) >= 11 is 12.0. The van der Waals surface area contributed by atoms with Gasteiger partial charge in [-0.05, 0) is 58.7 Å². The van der Waals surface area contributed by atoms with Crippen molar-refractivity contribution in [1.82, 2.24) is 9.21 Å². The summed E-state index contributed by atoms with van der Waals surface area (Å²) in [5.74, 6) is -0.0473. The van der Waals surface area contributed by atoms with Crippen molar-refractivity contribution < 1.29 is 13.2 Å². The van der Waals surface area contributed by atoms with Gasteiger partial charge in [-0.1, -0.05) is 23.2 Å². The van der Waals surface area contributed by atoms with E-state index in [1.165, 1.54) is 16.4 Å². The zero-order chi connectivity index (χ0) is 19.6. The number of carbonyl (C=O) groups excluding carboxylic acids is 1. The van der Waals surface area contributed by atoms with Crippen LogP contribution in [0.15, 0.2) is 23.1 Å². The second kappa shape index (κ2) is 8.46. The van der Waals surface area contributed by atoms with Crippen molar-refractivity contribution in [2.75, 3.05) is 13.1 Å². The molecule has 0 spiro atoms. The molecule has 0 bridgehead atoms. The van der Waals surface area contributed by atoms with Crippen molar-refractivity contribution in [3.05, 3.63) is 28.2 Å². The van der Waals surface area contributed by atoms with Gasteiger partial charge in [0.15, 0.2) is 0 Å². The molecule has 1 aliphatic heterocycles. The van der Waals surface area contributed by atoms with Crippen LogP contribution in [0, 0.1) is 5.92 Å². The zero-order valence-corrected chi connectivity index (χ0v) is 17.9. The van der Waals surface area contributed by atoms with Crippen molar-refractivity contribution in [3.63, 3.8) is 0 Å². The fourth-order valence-electron chi connectivity index (χ4n) is 3.47. The fraction of sp³-hybridized carbons (Fsp3) is 0.611. The molecule has 1 aromatic carbocycles. The summed E-state index contributed by atoms with van der Waals surface area (Å²) < 4.78 is 27.1. The van der Waals surface area contributed by atoms with Crippen LogP contribution in [0.2, 0.25) is 10.0 Å². The van der Waals surface area contributed by atoms with Gasteiger partial charge in [-0.2, -0.15) is 4.31 Å². The summed E-state index contributed by atoms with van der Waals surface area (Å²) in [5, 5.41) is 0.473. The zero-order valence-electron chi connectivity index (χ0n) is 15.6. The molecular formula is C18H26Cl2N2O3S. The first-order valence-electron chi connectivity index (χ1n) is 8.83. The summed E-state index contributed by atoms with van der Waals surface area (Å²) in [6.45, 7) is 8.59. The second-order valence-electron chi connectivity index (χ2n) is 7.19. The largest absolute Gasteiger partial charge is 0.338 e. The Morgan fingerprint density at radius 3 is 2.15 bits per heavy atom. The van der Waals surface area contributed by atoms with E-state index in [-0.39, 0.29) is 33.8 Å². The average Bonchev–Trinajstić information content (AvgIpc) is 2.56. The molecule has 0 radical (unpaired) electrons. The topological polar surface area (TPSA) is 57.7 Å². The van der Waals surface area contributed by atoms with Crippen LogP contribution in [-0.4, -0.2) is 48.7 Å². The molecule has 0 unspecified atom stereocenters. The van der Waals surface area contributed by atoms with Gasteiger partial charge < -0.3 is 4.90 Å². The molecule has 8 heteroatoms. The number of piperidine rings is 1. The lowest BCUT2D eigenvalue weighted by Gasteiger charge is -2.37. The van der Waals surface area contributed by atoms with E-state index in [9.17, 15) is 13.2 Å². The van der Waals surface area contributed by atoms with Crippen LogP contribution in [-0.2, 0) is 14.8 Å². The third-order valence-electron chi connectivity index (χ3n) is 4.68. The molecule has 26 heavy (non-hydrogen) atoms. The number of hydrogen-bond donors (Lipinski definition) is 0. The smallest absolute Gasteiger partial charge is 0.244 e. The van der Waals surface area contributed by atoms with Gasteiger partial charge in [-0.25, -0.2) is 8.42 Å². The first kappa shape index (κ1) is 21.5. The molecular weight excluding hydrogens is 395 g/mol. The first-order valence-corrected chi connectivity index (χ1v) is 11.0. The predicted octanol–water partition coefficient (Wildman–Crippen LogP) is 4.04. The molecule has 1 aliphatic rings. The lowest BCUT2D eigenvalue weighted by molar-refractivity contribution is -0.140. The van der Waals surface area contributed by atoms with Crippen LogP contribution < -0.4 is 0 Å². The first-order chi connectivity index (χ1) is 12.1. The minimum atomic E-state index is -3.73. The molecule has 0 atom stereocenters. The Hall–Kier alpha value is -0.820. The number of nitrogens with zero attached hydrogens (tertiary/aromatic N) is 2. The monoisotopic (exact) mass is 420 g/mol. The molecule has 0 N–H and O–H groups in total. The molecule has 2 rings (SSSR count). The Kier molecular flexibility index (Phi) is 6.99. The number of hydrogen-bond acceptors (Lipinski definition) is 3. The Balaban J connectivity index is 2.12. The van der Waals surface area contributed by atoms with E-state index >= 15 is 0 Å². The van der Waals surface area contributed by atoms with Crippen molar-refractivity contribution in [1.29, 1.82) is 0 Å². The Morgan fingerprint density at radius 2 is 1.65 bits per heavy atom. The summed E-state index contributed by atoms with van der Waals surface area (Å²) in [6, 6.07) is 4.65. The van der Waals surface area contributed by atoms with Gasteiger partial charge in [0.25, 0.3) is 0 Å². The summed E-state index contributed by atoms with van der Waals surface area (Å²) in [4.78, 5) is 14.7. The maximum atomic E-state index is 12.9. The lowest BCUT2D eigenvalue weighted by Crippen LogP contribution is -2.48. The van der Waals surface area contributed by atoms with Crippen molar-refractivity contribution in [2.45, 2.75) is 57.5 Å². The minimum Gasteiger partial charge on any atom is -0.338 e. The summed E-state index contributed by atoms with van der Waals surface area (Å²) in [5.41, 5.74) is 0. The molecule has 1 saturated heterocycles. The molecule has 1 aromatic rings. The van der Waals surface area contributed by atoms with E-state index in [2.05, 4.69) is 0 Å². The van der Waals surface area contributed by atoms with Gasteiger partial charge in [0.2, 0.25) is 15.9 Å². The van der Waals surface area contributed by atoms with Gasteiger partial charge in [0, 0.05) is 36.1 Å². The SMILES string of the molecule is CC(C)N(C(=O)C1CCN(S(=O)(=O)c2cc(Cl)ccc2Cl)CC1)C(C)C. The van der Waals surface area contributed by atoms with E-state index in [0.29, 0.717) is 31.0 Å². The van der Waals surface area contributed by atoms with E-state index in [1.54, 1.807) is 6.07 Å². The van der Waals surface area contributed by atoms with Gasteiger partial charge in [0.1, 0.15) is 4.90 Å². The second-order valence-corrected chi connectivity index (χ2v) is 9.94. The predicted molar refractivity (Wildman–Crippen MR) is 105 cm³/mol. The van der Waals surface area contributed by atoms with Gasteiger partial charge in [-0.15, -0.1) is 0 Å². The Bertz CT molecular complexity index is 750. The molecule has 1 amide bonds. The van der Waals surface area contributed by atoms with Gasteiger partial charge in [0.05, 0.1) is 5.02 Å². The highest BCUT2D eigenvalue weighted by atomic mass is 35.5. The van der Waals surface area contributed by atoms with Crippen molar-refractivity contribution in [3.8, 4) is 0 Å². The van der Waals surface area contributed by atoms with Crippen LogP contribution in [0.3, 0.4) is 0 Å². The third kappa shape index (κ3) is 4.53. The van der Waals surface area contributed by atoms with E-state index in [4.69, 9.17) is 23.2 Å². The Labute approximate surface area is 166 Å². The number of rotatable bonds is 5. The third-order valence-corrected chi connectivity index (χ3v) is 7.30. The number of amides is 1. The van der Waals surface area contributed by atoms with Crippen LogP contribution >= 0.6 is 23.2 Å². The van der Waals surface area contributed by atoms with Crippen molar-refractivity contribution in [2.24, 2.45) is 5.92 Å². The van der Waals surface area contributed by atoms with Gasteiger partial charge in [-0.3, -0.25) is 4.79 Å². The normalized spacial score (nSPS) is 17.1. The lowest BCUT2D eigenvalue weighted by atomic mass is 9.95. The Morgan fingerprint density at radius 1 is 1.12 bits per heavy atom. The molecule has 0 aliphatic carbocycles. The highest BCUT2D eigenvalue weighted by Gasteiger charge is 2.35. The molecule has 0 saturated carbocycles. The minimum absolute atomic E-state index is 0.0161. The van der Waals surface area contributed by atoms with E-state index < -0.39 is 10.0 Å².